The predicted molar refractivity (Wildman–Crippen MR) is 99.0 cm³/mol. The Balaban J connectivity index is 1.48. The van der Waals surface area contributed by atoms with E-state index in [2.05, 4.69) is 55.7 Å². The Hall–Kier alpha value is -1.69. The highest BCUT2D eigenvalue weighted by Gasteiger charge is 2.40. The van der Waals surface area contributed by atoms with Gasteiger partial charge in [-0.05, 0) is 49.8 Å². The number of carbonyl (C=O) groups is 1. The van der Waals surface area contributed by atoms with Gasteiger partial charge in [0.05, 0.1) is 0 Å². The quantitative estimate of drug-likeness (QED) is 0.691. The smallest absolute Gasteiger partial charge is 0.223 e. The molecule has 1 aliphatic carbocycles. The lowest BCUT2D eigenvalue weighted by atomic mass is 9.96. The molecule has 0 saturated heterocycles. The molecule has 1 saturated carbocycles. The number of nitrogens with zero attached hydrogens (tertiary/aromatic N) is 2. The van der Waals surface area contributed by atoms with Crippen molar-refractivity contribution in [2.24, 2.45) is 0 Å². The van der Waals surface area contributed by atoms with E-state index >= 15 is 0 Å². The Kier molecular flexibility index (Phi) is 5.89. The van der Waals surface area contributed by atoms with Crippen molar-refractivity contribution in [2.45, 2.75) is 63.8 Å². The summed E-state index contributed by atoms with van der Waals surface area (Å²) in [5.74, 6) is 1.26. The predicted octanol–water partition coefficient (Wildman–Crippen LogP) is 4.44. The molecule has 1 amide bonds. The maximum atomic E-state index is 12.4. The highest BCUT2D eigenvalue weighted by atomic mass is 79.9. The van der Waals surface area contributed by atoms with Crippen LogP contribution in [-0.2, 0) is 16.8 Å². The van der Waals surface area contributed by atoms with Crippen LogP contribution in [0.4, 0.5) is 0 Å². The second-order valence-corrected chi connectivity index (χ2v) is 7.72. The Morgan fingerprint density at radius 2 is 1.96 bits per heavy atom. The molecule has 1 aromatic carbocycles. The van der Waals surface area contributed by atoms with Gasteiger partial charge in [-0.3, -0.25) is 4.79 Å². The third-order valence-corrected chi connectivity index (χ3v) is 5.35. The number of halogens is 1. The first-order chi connectivity index (χ1) is 12.1. The molecule has 0 radical (unpaired) electrons. The first-order valence-corrected chi connectivity index (χ1v) is 9.73. The number of unbranched alkanes of at least 4 members (excludes halogenated alkanes) is 1. The first-order valence-electron chi connectivity index (χ1n) is 8.94. The number of nitrogens with one attached hydrogen (secondary N) is 1. The van der Waals surface area contributed by atoms with Crippen molar-refractivity contribution in [3.63, 3.8) is 0 Å². The summed E-state index contributed by atoms with van der Waals surface area (Å²) >= 11 is 3.44. The van der Waals surface area contributed by atoms with Crippen LogP contribution in [0.2, 0.25) is 0 Å². The molecule has 1 aromatic heterocycles. The Bertz CT molecular complexity index is 706. The van der Waals surface area contributed by atoms with Crippen molar-refractivity contribution in [3.8, 4) is 0 Å². The molecule has 2 aromatic rings. The topological polar surface area (TPSA) is 68.0 Å². The molecular formula is C19H24BrN3O2. The molecule has 0 bridgehead atoms. The van der Waals surface area contributed by atoms with Crippen LogP contribution in [0.15, 0.2) is 33.3 Å². The van der Waals surface area contributed by atoms with Gasteiger partial charge in [-0.15, -0.1) is 0 Å². The van der Waals surface area contributed by atoms with Gasteiger partial charge in [0.25, 0.3) is 0 Å². The van der Waals surface area contributed by atoms with E-state index in [4.69, 9.17) is 4.52 Å². The standard InChI is InChI=1S/C19H24BrN3O2/c1-14-21-18(23-25-14)19(12-4-5-13-19)22-17(24)7-3-2-6-15-8-10-16(20)11-9-15/h8-11H,2-7,12-13H2,1H3,(H,22,24). The van der Waals surface area contributed by atoms with Crippen molar-refractivity contribution in [3.05, 3.63) is 46.0 Å². The maximum Gasteiger partial charge on any atom is 0.223 e. The normalized spacial score (nSPS) is 16.1. The zero-order chi connectivity index (χ0) is 17.7. The van der Waals surface area contributed by atoms with Crippen LogP contribution in [0.5, 0.6) is 0 Å². The number of aryl methyl sites for hydroxylation is 2. The molecule has 0 unspecified atom stereocenters. The summed E-state index contributed by atoms with van der Waals surface area (Å²) in [5.41, 5.74) is 0.874. The zero-order valence-electron chi connectivity index (χ0n) is 14.6. The molecule has 1 fully saturated rings. The summed E-state index contributed by atoms with van der Waals surface area (Å²) in [5, 5.41) is 7.26. The van der Waals surface area contributed by atoms with Crippen LogP contribution in [-0.4, -0.2) is 16.0 Å². The van der Waals surface area contributed by atoms with Gasteiger partial charge in [-0.2, -0.15) is 4.98 Å². The highest BCUT2D eigenvalue weighted by Crippen LogP contribution is 2.37. The van der Waals surface area contributed by atoms with E-state index in [1.807, 2.05) is 0 Å². The van der Waals surface area contributed by atoms with Gasteiger partial charge in [0, 0.05) is 17.8 Å². The molecule has 1 aliphatic rings. The van der Waals surface area contributed by atoms with Crippen molar-refractivity contribution in [2.75, 3.05) is 0 Å². The molecule has 1 N–H and O–H groups in total. The SMILES string of the molecule is Cc1nc(C2(NC(=O)CCCCc3ccc(Br)cc3)CCCC2)no1. The number of rotatable bonds is 7. The summed E-state index contributed by atoms with van der Waals surface area (Å²) in [6.45, 7) is 1.78. The van der Waals surface area contributed by atoms with Crippen molar-refractivity contribution >= 4 is 21.8 Å². The third kappa shape index (κ3) is 4.69. The summed E-state index contributed by atoms with van der Waals surface area (Å²) < 4.78 is 6.22. The number of carbonyl (C=O) groups excluding carboxylic acids is 1. The second-order valence-electron chi connectivity index (χ2n) is 6.81. The molecule has 134 valence electrons. The van der Waals surface area contributed by atoms with E-state index in [-0.39, 0.29) is 5.91 Å². The minimum Gasteiger partial charge on any atom is -0.343 e. The molecule has 25 heavy (non-hydrogen) atoms. The number of aromatic nitrogens is 2. The molecule has 3 rings (SSSR count). The fourth-order valence-electron chi connectivity index (χ4n) is 3.47. The second kappa shape index (κ2) is 8.13. The minimum absolute atomic E-state index is 0.0835. The Morgan fingerprint density at radius 3 is 2.60 bits per heavy atom. The van der Waals surface area contributed by atoms with E-state index in [9.17, 15) is 4.79 Å². The molecule has 0 aliphatic heterocycles. The number of hydrogen-bond donors (Lipinski definition) is 1. The fraction of sp³-hybridized carbons (Fsp3) is 0.526. The fourth-order valence-corrected chi connectivity index (χ4v) is 3.74. The van der Waals surface area contributed by atoms with E-state index < -0.39 is 5.54 Å². The van der Waals surface area contributed by atoms with Gasteiger partial charge >= 0.3 is 0 Å². The third-order valence-electron chi connectivity index (χ3n) is 4.82. The van der Waals surface area contributed by atoms with Crippen LogP contribution in [0.1, 0.15) is 62.2 Å². The van der Waals surface area contributed by atoms with Crippen molar-refractivity contribution < 1.29 is 9.32 Å². The summed E-state index contributed by atoms with van der Waals surface area (Å²) in [7, 11) is 0. The molecular weight excluding hydrogens is 382 g/mol. The largest absolute Gasteiger partial charge is 0.343 e. The zero-order valence-corrected chi connectivity index (χ0v) is 16.1. The average Bonchev–Trinajstić information content (AvgIpc) is 3.23. The van der Waals surface area contributed by atoms with Crippen molar-refractivity contribution in [1.29, 1.82) is 0 Å². The lowest BCUT2D eigenvalue weighted by Crippen LogP contribution is -2.44. The average molecular weight is 406 g/mol. The summed E-state index contributed by atoms with van der Waals surface area (Å²) in [6.07, 6.45) is 7.35. The molecule has 0 atom stereocenters. The molecule has 1 heterocycles. The Labute approximate surface area is 156 Å². The van der Waals surface area contributed by atoms with Crippen molar-refractivity contribution in [1.82, 2.24) is 15.5 Å². The van der Waals surface area contributed by atoms with Crippen LogP contribution >= 0.6 is 15.9 Å². The van der Waals surface area contributed by atoms with Gasteiger partial charge in [-0.25, -0.2) is 0 Å². The van der Waals surface area contributed by atoms with Crippen LogP contribution in [0, 0.1) is 6.92 Å². The lowest BCUT2D eigenvalue weighted by Gasteiger charge is -2.26. The lowest BCUT2D eigenvalue weighted by molar-refractivity contribution is -0.123. The monoisotopic (exact) mass is 405 g/mol. The minimum atomic E-state index is -0.430. The van der Waals surface area contributed by atoms with Gasteiger partial charge in [0.2, 0.25) is 11.8 Å². The van der Waals surface area contributed by atoms with Crippen LogP contribution < -0.4 is 5.32 Å². The van der Waals surface area contributed by atoms with Crippen LogP contribution in [0.3, 0.4) is 0 Å². The van der Waals surface area contributed by atoms with E-state index in [1.54, 1.807) is 6.92 Å². The van der Waals surface area contributed by atoms with Gasteiger partial charge in [0.1, 0.15) is 5.54 Å². The molecule has 0 spiro atoms. The summed E-state index contributed by atoms with van der Waals surface area (Å²) in [4.78, 5) is 16.8. The van der Waals surface area contributed by atoms with Gasteiger partial charge in [-0.1, -0.05) is 46.1 Å². The molecule has 6 heteroatoms. The number of amides is 1. The number of benzene rings is 1. The summed E-state index contributed by atoms with van der Waals surface area (Å²) in [6, 6.07) is 8.35. The van der Waals surface area contributed by atoms with E-state index in [0.29, 0.717) is 18.1 Å². The van der Waals surface area contributed by atoms with E-state index in [1.165, 1.54) is 5.56 Å². The highest BCUT2D eigenvalue weighted by molar-refractivity contribution is 9.10. The van der Waals surface area contributed by atoms with Gasteiger partial charge in [0.15, 0.2) is 5.82 Å². The van der Waals surface area contributed by atoms with Crippen LogP contribution in [0.25, 0.3) is 0 Å². The maximum absolute atomic E-state index is 12.4. The van der Waals surface area contributed by atoms with E-state index in [0.717, 1.165) is 49.4 Å². The first kappa shape index (κ1) is 18.1. The number of hydrogen-bond acceptors (Lipinski definition) is 4. The Morgan fingerprint density at radius 1 is 1.24 bits per heavy atom. The van der Waals surface area contributed by atoms with Gasteiger partial charge < -0.3 is 9.84 Å². The molecule has 5 nitrogen and oxygen atoms in total.